The van der Waals surface area contributed by atoms with Gasteiger partial charge in [-0.2, -0.15) is 4.72 Å². The lowest BCUT2D eigenvalue weighted by atomic mass is 10.3. The van der Waals surface area contributed by atoms with E-state index >= 15 is 0 Å². The molecule has 0 aliphatic heterocycles. The van der Waals surface area contributed by atoms with Crippen LogP contribution >= 0.6 is 0 Å². The molecular weight excluding hydrogens is 260 g/mol. The summed E-state index contributed by atoms with van der Waals surface area (Å²) in [4.78, 5) is 10.9. The van der Waals surface area contributed by atoms with E-state index < -0.39 is 22.5 Å². The predicted molar refractivity (Wildman–Crippen MR) is 64.3 cm³/mol. The molecule has 7 nitrogen and oxygen atoms in total. The number of carbonyl (C=O) groups is 1. The number of aromatic hydroxyl groups is 1. The molecule has 18 heavy (non-hydrogen) atoms. The van der Waals surface area contributed by atoms with E-state index in [4.69, 9.17) is 5.73 Å². The van der Waals surface area contributed by atoms with E-state index in [-0.39, 0.29) is 22.9 Å². The minimum absolute atomic E-state index is 0.0611. The smallest absolute Gasteiger partial charge is 0.321 e. The number of benzene rings is 1. The van der Waals surface area contributed by atoms with Crippen LogP contribution in [-0.4, -0.2) is 32.6 Å². The lowest BCUT2D eigenvalue weighted by Gasteiger charge is -2.07. The summed E-state index contributed by atoms with van der Waals surface area (Å²) in [5.41, 5.74) is 5.33. The highest BCUT2D eigenvalue weighted by Crippen LogP contribution is 2.22. The molecule has 0 atom stereocenters. The fourth-order valence-electron chi connectivity index (χ4n) is 1.15. The number of nitrogen functional groups attached to an aromatic ring is 1. The van der Waals surface area contributed by atoms with Gasteiger partial charge in [-0.1, -0.05) is 0 Å². The van der Waals surface area contributed by atoms with Crippen molar-refractivity contribution in [1.82, 2.24) is 4.72 Å². The topological polar surface area (TPSA) is 119 Å². The van der Waals surface area contributed by atoms with Gasteiger partial charge < -0.3 is 15.6 Å². The van der Waals surface area contributed by atoms with Crippen LogP contribution in [0.2, 0.25) is 0 Å². The number of anilines is 1. The summed E-state index contributed by atoms with van der Waals surface area (Å²) >= 11 is 0. The van der Waals surface area contributed by atoms with E-state index in [0.29, 0.717) is 0 Å². The maximum atomic E-state index is 11.7. The number of rotatable bonds is 5. The van der Waals surface area contributed by atoms with Gasteiger partial charge in [0.1, 0.15) is 12.3 Å². The van der Waals surface area contributed by atoms with Crippen molar-refractivity contribution in [2.75, 3.05) is 18.9 Å². The van der Waals surface area contributed by atoms with Gasteiger partial charge in [-0.15, -0.1) is 0 Å². The molecule has 1 aromatic rings. The average Bonchev–Trinajstić information content (AvgIpc) is 2.30. The minimum Gasteiger partial charge on any atom is -0.506 e. The molecule has 100 valence electrons. The largest absolute Gasteiger partial charge is 0.506 e. The first-order valence-corrected chi connectivity index (χ1v) is 6.59. The summed E-state index contributed by atoms with van der Waals surface area (Å²) in [7, 11) is -3.85. The summed E-state index contributed by atoms with van der Waals surface area (Å²) in [5.74, 6) is -0.882. The Bertz CT molecular complexity index is 541. The maximum Gasteiger partial charge on any atom is 0.321 e. The molecule has 0 saturated heterocycles. The third-order valence-corrected chi connectivity index (χ3v) is 3.42. The number of nitrogens with two attached hydrogens (primary N) is 1. The van der Waals surface area contributed by atoms with Crippen LogP contribution in [0, 0.1) is 0 Å². The fourth-order valence-corrected chi connectivity index (χ4v) is 2.15. The Balaban J connectivity index is 2.80. The van der Waals surface area contributed by atoms with E-state index in [1.54, 1.807) is 6.92 Å². The summed E-state index contributed by atoms with van der Waals surface area (Å²) in [6.45, 7) is 1.33. The number of phenolic OH excluding ortho intramolecular Hbond substituents is 1. The Morgan fingerprint density at radius 3 is 2.72 bits per heavy atom. The second kappa shape index (κ2) is 5.69. The van der Waals surface area contributed by atoms with E-state index in [9.17, 15) is 18.3 Å². The van der Waals surface area contributed by atoms with Gasteiger partial charge in [0.05, 0.1) is 17.2 Å². The van der Waals surface area contributed by atoms with Crippen LogP contribution in [0.25, 0.3) is 0 Å². The van der Waals surface area contributed by atoms with Gasteiger partial charge in [0.15, 0.2) is 0 Å². The molecule has 0 bridgehead atoms. The zero-order valence-electron chi connectivity index (χ0n) is 9.71. The van der Waals surface area contributed by atoms with Crippen LogP contribution in [0.15, 0.2) is 23.1 Å². The van der Waals surface area contributed by atoms with E-state index in [1.807, 2.05) is 0 Å². The molecule has 0 amide bonds. The van der Waals surface area contributed by atoms with Gasteiger partial charge in [-0.25, -0.2) is 8.42 Å². The third kappa shape index (κ3) is 3.60. The number of hydrogen-bond donors (Lipinski definition) is 3. The van der Waals surface area contributed by atoms with Gasteiger partial charge in [0, 0.05) is 0 Å². The molecule has 0 saturated carbocycles. The third-order valence-electron chi connectivity index (χ3n) is 2.02. The highest BCUT2D eigenvalue weighted by Gasteiger charge is 2.16. The number of hydrogen-bond acceptors (Lipinski definition) is 6. The second-order valence-corrected chi connectivity index (χ2v) is 5.12. The lowest BCUT2D eigenvalue weighted by molar-refractivity contribution is -0.141. The standard InChI is InChI=1S/C10H14N2O5S/c1-2-17-10(14)6-12-18(15,16)7-3-4-9(13)8(11)5-7/h3-5,12-13H,2,6,11H2,1H3. The molecule has 1 aromatic carbocycles. The molecule has 0 spiro atoms. The molecule has 0 radical (unpaired) electrons. The van der Waals surface area contributed by atoms with Crippen LogP contribution in [-0.2, 0) is 19.6 Å². The van der Waals surface area contributed by atoms with Crippen molar-refractivity contribution in [2.24, 2.45) is 0 Å². The normalized spacial score (nSPS) is 11.2. The Morgan fingerprint density at radius 1 is 1.50 bits per heavy atom. The van der Waals surface area contributed by atoms with Crippen molar-refractivity contribution < 1.29 is 23.1 Å². The SMILES string of the molecule is CCOC(=O)CNS(=O)(=O)c1ccc(O)c(N)c1. The lowest BCUT2D eigenvalue weighted by Crippen LogP contribution is -2.30. The number of sulfonamides is 1. The molecule has 1 rings (SSSR count). The number of phenols is 1. The quantitative estimate of drug-likeness (QED) is 0.389. The average molecular weight is 274 g/mol. The molecule has 0 heterocycles. The first-order chi connectivity index (χ1) is 8.36. The van der Waals surface area contributed by atoms with Crippen molar-refractivity contribution in [1.29, 1.82) is 0 Å². The first kappa shape index (κ1) is 14.3. The van der Waals surface area contributed by atoms with E-state index in [0.717, 1.165) is 12.1 Å². The first-order valence-electron chi connectivity index (χ1n) is 5.10. The summed E-state index contributed by atoms with van der Waals surface area (Å²) in [6, 6.07) is 3.44. The number of esters is 1. The maximum absolute atomic E-state index is 11.7. The van der Waals surface area contributed by atoms with Crippen LogP contribution in [0.5, 0.6) is 5.75 Å². The Hall–Kier alpha value is -1.80. The van der Waals surface area contributed by atoms with Crippen LogP contribution in [0.4, 0.5) is 5.69 Å². The van der Waals surface area contributed by atoms with Gasteiger partial charge >= 0.3 is 5.97 Å². The molecule has 0 aliphatic carbocycles. The van der Waals surface area contributed by atoms with E-state index in [1.165, 1.54) is 6.07 Å². The molecule has 0 unspecified atom stereocenters. The highest BCUT2D eigenvalue weighted by atomic mass is 32.2. The molecular formula is C10H14N2O5S. The minimum atomic E-state index is -3.85. The van der Waals surface area contributed by atoms with Crippen molar-refractivity contribution in [3.8, 4) is 5.75 Å². The van der Waals surface area contributed by atoms with Crippen molar-refractivity contribution in [2.45, 2.75) is 11.8 Å². The molecule has 0 aromatic heterocycles. The zero-order chi connectivity index (χ0) is 13.8. The molecule has 0 fully saturated rings. The van der Waals surface area contributed by atoms with Crippen molar-refractivity contribution in [3.63, 3.8) is 0 Å². The van der Waals surface area contributed by atoms with Gasteiger partial charge in [0.25, 0.3) is 0 Å². The van der Waals surface area contributed by atoms with Crippen LogP contribution < -0.4 is 10.5 Å². The monoisotopic (exact) mass is 274 g/mol. The molecule has 8 heteroatoms. The van der Waals surface area contributed by atoms with Crippen molar-refractivity contribution in [3.05, 3.63) is 18.2 Å². The number of carbonyl (C=O) groups excluding carboxylic acids is 1. The predicted octanol–water partition coefficient (Wildman–Crippen LogP) is -0.184. The fraction of sp³-hybridized carbons (Fsp3) is 0.300. The van der Waals surface area contributed by atoms with Crippen LogP contribution in [0.1, 0.15) is 6.92 Å². The number of ether oxygens (including phenoxy) is 1. The molecule has 4 N–H and O–H groups in total. The summed E-state index contributed by atoms with van der Waals surface area (Å²) in [6.07, 6.45) is 0. The molecule has 0 aliphatic rings. The summed E-state index contributed by atoms with van der Waals surface area (Å²) < 4.78 is 30.1. The van der Waals surface area contributed by atoms with Gasteiger partial charge in [-0.3, -0.25) is 4.79 Å². The second-order valence-electron chi connectivity index (χ2n) is 3.35. The number of nitrogens with one attached hydrogen (secondary N) is 1. The van der Waals surface area contributed by atoms with Gasteiger partial charge in [-0.05, 0) is 25.1 Å². The van der Waals surface area contributed by atoms with E-state index in [2.05, 4.69) is 9.46 Å². The Kier molecular flexibility index (Phi) is 4.51. The highest BCUT2D eigenvalue weighted by molar-refractivity contribution is 7.89. The van der Waals surface area contributed by atoms with Crippen molar-refractivity contribution >= 4 is 21.7 Å². The Labute approximate surface area is 105 Å². The summed E-state index contributed by atoms with van der Waals surface area (Å²) in [5, 5.41) is 9.18. The zero-order valence-corrected chi connectivity index (χ0v) is 10.5. The van der Waals surface area contributed by atoms with Crippen LogP contribution in [0.3, 0.4) is 0 Å². The Morgan fingerprint density at radius 2 is 2.17 bits per heavy atom. The van der Waals surface area contributed by atoms with Gasteiger partial charge in [0.2, 0.25) is 10.0 Å².